The van der Waals surface area contributed by atoms with Crippen LogP contribution in [0, 0.1) is 17.0 Å². The molecule has 0 radical (unpaired) electrons. The van der Waals surface area contributed by atoms with Crippen LogP contribution in [-0.2, 0) is 13.6 Å². The molecule has 2 rings (SSSR count). The largest absolute Gasteiger partial charge is 0.379 e. The average Bonchev–Trinajstić information content (AvgIpc) is 2.73. The fraction of sp³-hybridized carbons (Fsp3) is 0.250. The summed E-state index contributed by atoms with van der Waals surface area (Å²) < 4.78 is 1.79. The van der Waals surface area contributed by atoms with Gasteiger partial charge in [0.05, 0.1) is 17.2 Å². The SMILES string of the molecule is Cc1cc([N+](=O)[O-])ccc1NCc1ccnn1C. The Hall–Kier alpha value is -2.37. The lowest BCUT2D eigenvalue weighted by molar-refractivity contribution is -0.384. The highest BCUT2D eigenvalue weighted by molar-refractivity contribution is 5.55. The molecule has 0 saturated carbocycles. The van der Waals surface area contributed by atoms with E-state index in [0.717, 1.165) is 16.9 Å². The summed E-state index contributed by atoms with van der Waals surface area (Å²) in [7, 11) is 1.87. The molecule has 0 amide bonds. The monoisotopic (exact) mass is 246 g/mol. The van der Waals surface area contributed by atoms with E-state index in [2.05, 4.69) is 10.4 Å². The minimum absolute atomic E-state index is 0.110. The van der Waals surface area contributed by atoms with Crippen LogP contribution in [0.3, 0.4) is 0 Å². The van der Waals surface area contributed by atoms with Crippen LogP contribution in [0.1, 0.15) is 11.3 Å². The van der Waals surface area contributed by atoms with E-state index >= 15 is 0 Å². The molecule has 0 aliphatic heterocycles. The normalized spacial score (nSPS) is 10.3. The fourth-order valence-corrected chi connectivity index (χ4v) is 1.72. The van der Waals surface area contributed by atoms with Gasteiger partial charge in [-0.05, 0) is 24.6 Å². The Balaban J connectivity index is 2.11. The van der Waals surface area contributed by atoms with Crippen LogP contribution in [0.15, 0.2) is 30.5 Å². The van der Waals surface area contributed by atoms with E-state index < -0.39 is 4.92 Å². The summed E-state index contributed by atoms with van der Waals surface area (Å²) in [5, 5.41) is 17.9. The number of nitrogens with zero attached hydrogens (tertiary/aromatic N) is 3. The molecule has 0 atom stereocenters. The highest BCUT2D eigenvalue weighted by Crippen LogP contribution is 2.21. The number of hydrogen-bond acceptors (Lipinski definition) is 4. The Kier molecular flexibility index (Phi) is 3.27. The molecule has 1 heterocycles. The summed E-state index contributed by atoms with van der Waals surface area (Å²) in [4.78, 5) is 10.2. The van der Waals surface area contributed by atoms with Crippen molar-refractivity contribution in [2.24, 2.45) is 7.05 Å². The van der Waals surface area contributed by atoms with Gasteiger partial charge in [0.2, 0.25) is 0 Å². The number of anilines is 1. The number of hydrogen-bond donors (Lipinski definition) is 1. The Morgan fingerprint density at radius 1 is 1.44 bits per heavy atom. The third-order valence-electron chi connectivity index (χ3n) is 2.80. The molecule has 0 bridgehead atoms. The molecule has 2 aromatic rings. The average molecular weight is 246 g/mol. The maximum atomic E-state index is 10.6. The Morgan fingerprint density at radius 2 is 2.22 bits per heavy atom. The molecule has 0 fully saturated rings. The Labute approximate surface area is 104 Å². The van der Waals surface area contributed by atoms with E-state index in [1.165, 1.54) is 6.07 Å². The number of nitro groups is 1. The van der Waals surface area contributed by atoms with Crippen LogP contribution < -0.4 is 5.32 Å². The van der Waals surface area contributed by atoms with Gasteiger partial charge in [0, 0.05) is 31.1 Å². The van der Waals surface area contributed by atoms with Crippen molar-refractivity contribution in [2.45, 2.75) is 13.5 Å². The van der Waals surface area contributed by atoms with Crippen LogP contribution in [0.5, 0.6) is 0 Å². The second kappa shape index (κ2) is 4.87. The van der Waals surface area contributed by atoms with Gasteiger partial charge in [0.25, 0.3) is 5.69 Å². The van der Waals surface area contributed by atoms with Crippen LogP contribution in [0.25, 0.3) is 0 Å². The van der Waals surface area contributed by atoms with Gasteiger partial charge in [-0.15, -0.1) is 0 Å². The summed E-state index contributed by atoms with van der Waals surface area (Å²) in [5.41, 5.74) is 2.90. The van der Waals surface area contributed by atoms with Gasteiger partial charge in [-0.25, -0.2) is 0 Å². The van der Waals surface area contributed by atoms with Crippen molar-refractivity contribution in [1.82, 2.24) is 9.78 Å². The molecule has 6 nitrogen and oxygen atoms in total. The first-order valence-electron chi connectivity index (χ1n) is 5.53. The minimum Gasteiger partial charge on any atom is -0.379 e. The third-order valence-corrected chi connectivity index (χ3v) is 2.80. The predicted octanol–water partition coefficient (Wildman–Crippen LogP) is 2.25. The van der Waals surface area contributed by atoms with E-state index in [1.54, 1.807) is 23.0 Å². The lowest BCUT2D eigenvalue weighted by Gasteiger charge is -2.09. The van der Waals surface area contributed by atoms with Gasteiger partial charge in [-0.3, -0.25) is 14.8 Å². The zero-order valence-corrected chi connectivity index (χ0v) is 10.3. The molecule has 6 heteroatoms. The van der Waals surface area contributed by atoms with Crippen LogP contribution in [0.2, 0.25) is 0 Å². The van der Waals surface area contributed by atoms with Gasteiger partial charge >= 0.3 is 0 Å². The van der Waals surface area contributed by atoms with Gasteiger partial charge < -0.3 is 5.32 Å². The molecule has 0 aliphatic rings. The molecule has 18 heavy (non-hydrogen) atoms. The van der Waals surface area contributed by atoms with E-state index in [-0.39, 0.29) is 5.69 Å². The maximum absolute atomic E-state index is 10.6. The lowest BCUT2D eigenvalue weighted by atomic mass is 10.2. The number of aryl methyl sites for hydroxylation is 2. The first kappa shape index (κ1) is 12.1. The highest BCUT2D eigenvalue weighted by Gasteiger charge is 2.08. The van der Waals surface area contributed by atoms with Crippen molar-refractivity contribution in [1.29, 1.82) is 0 Å². The van der Waals surface area contributed by atoms with Gasteiger partial charge in [-0.1, -0.05) is 0 Å². The molecule has 0 saturated heterocycles. The molecule has 1 aromatic carbocycles. The van der Waals surface area contributed by atoms with Crippen molar-refractivity contribution in [3.8, 4) is 0 Å². The molecular formula is C12H14N4O2. The van der Waals surface area contributed by atoms with Crippen molar-refractivity contribution in [3.63, 3.8) is 0 Å². The van der Waals surface area contributed by atoms with Crippen LogP contribution in [-0.4, -0.2) is 14.7 Å². The summed E-state index contributed by atoms with van der Waals surface area (Å²) in [6, 6.07) is 6.71. The van der Waals surface area contributed by atoms with Crippen molar-refractivity contribution in [3.05, 3.63) is 51.8 Å². The number of benzene rings is 1. The van der Waals surface area contributed by atoms with Gasteiger partial charge in [0.15, 0.2) is 0 Å². The lowest BCUT2D eigenvalue weighted by Crippen LogP contribution is -2.06. The second-order valence-corrected chi connectivity index (χ2v) is 4.06. The summed E-state index contributed by atoms with van der Waals surface area (Å²) in [5.74, 6) is 0. The standard InChI is InChI=1S/C12H14N4O2/c1-9-7-10(16(17)18)3-4-12(9)13-8-11-5-6-14-15(11)2/h3-7,13H,8H2,1-2H3. The number of rotatable bonds is 4. The first-order valence-corrected chi connectivity index (χ1v) is 5.53. The molecule has 1 N–H and O–H groups in total. The maximum Gasteiger partial charge on any atom is 0.269 e. The highest BCUT2D eigenvalue weighted by atomic mass is 16.6. The quantitative estimate of drug-likeness (QED) is 0.663. The predicted molar refractivity (Wildman–Crippen MR) is 68.4 cm³/mol. The van der Waals surface area contributed by atoms with Crippen molar-refractivity contribution < 1.29 is 4.92 Å². The fourth-order valence-electron chi connectivity index (χ4n) is 1.72. The number of aromatic nitrogens is 2. The minimum atomic E-state index is -0.391. The first-order chi connectivity index (χ1) is 8.58. The van der Waals surface area contributed by atoms with E-state index in [4.69, 9.17) is 0 Å². The molecule has 94 valence electrons. The van der Waals surface area contributed by atoms with Gasteiger partial charge in [-0.2, -0.15) is 5.10 Å². The van der Waals surface area contributed by atoms with E-state index in [9.17, 15) is 10.1 Å². The van der Waals surface area contributed by atoms with Gasteiger partial charge in [0.1, 0.15) is 0 Å². The zero-order valence-electron chi connectivity index (χ0n) is 10.3. The van der Waals surface area contributed by atoms with Crippen molar-refractivity contribution >= 4 is 11.4 Å². The van der Waals surface area contributed by atoms with E-state index in [0.29, 0.717) is 6.54 Å². The number of non-ortho nitro benzene ring substituents is 1. The second-order valence-electron chi connectivity index (χ2n) is 4.06. The molecule has 0 spiro atoms. The number of nitro benzene ring substituents is 1. The Bertz CT molecular complexity index is 577. The topological polar surface area (TPSA) is 73.0 Å². The zero-order chi connectivity index (χ0) is 13.1. The van der Waals surface area contributed by atoms with E-state index in [1.807, 2.05) is 20.0 Å². The molecule has 0 unspecified atom stereocenters. The Morgan fingerprint density at radius 3 is 2.78 bits per heavy atom. The summed E-state index contributed by atoms with van der Waals surface area (Å²) >= 11 is 0. The third kappa shape index (κ3) is 2.48. The number of nitrogens with one attached hydrogen (secondary N) is 1. The van der Waals surface area contributed by atoms with Crippen molar-refractivity contribution in [2.75, 3.05) is 5.32 Å². The molecular weight excluding hydrogens is 232 g/mol. The molecule has 1 aromatic heterocycles. The summed E-state index contributed by atoms with van der Waals surface area (Å²) in [6.07, 6.45) is 1.74. The molecule has 0 aliphatic carbocycles. The van der Waals surface area contributed by atoms with Crippen LogP contribution >= 0.6 is 0 Å². The smallest absolute Gasteiger partial charge is 0.269 e. The summed E-state index contributed by atoms with van der Waals surface area (Å²) in [6.45, 7) is 2.48. The van der Waals surface area contributed by atoms with Crippen LogP contribution in [0.4, 0.5) is 11.4 Å².